The number of aromatic nitrogens is 1. The largest absolute Gasteiger partial charge is 0.344 e. The van der Waals surface area contributed by atoms with E-state index in [-0.39, 0.29) is 23.0 Å². The van der Waals surface area contributed by atoms with Crippen LogP contribution in [0.25, 0.3) is 0 Å². The predicted molar refractivity (Wildman–Crippen MR) is 72.4 cm³/mol. The van der Waals surface area contributed by atoms with Gasteiger partial charge < -0.3 is 5.32 Å². The van der Waals surface area contributed by atoms with E-state index in [0.717, 1.165) is 0 Å². The van der Waals surface area contributed by atoms with Gasteiger partial charge >= 0.3 is 0 Å². The zero-order chi connectivity index (χ0) is 13.7. The number of ketones is 1. The maximum Gasteiger partial charge on any atom is 0.254 e. The Bertz CT molecular complexity index is 599. The molecule has 1 aromatic carbocycles. The Balaban J connectivity index is 1.98. The molecule has 0 atom stereocenters. The van der Waals surface area contributed by atoms with Gasteiger partial charge in [0.25, 0.3) is 5.91 Å². The van der Waals surface area contributed by atoms with Crippen molar-refractivity contribution in [2.75, 3.05) is 6.54 Å². The van der Waals surface area contributed by atoms with Crippen molar-refractivity contribution in [3.8, 4) is 0 Å². The normalized spacial score (nSPS) is 9.95. The van der Waals surface area contributed by atoms with E-state index in [1.54, 1.807) is 36.4 Å². The van der Waals surface area contributed by atoms with Gasteiger partial charge in [0.05, 0.1) is 12.1 Å². The van der Waals surface area contributed by atoms with Crippen LogP contribution in [0.1, 0.15) is 20.7 Å². The van der Waals surface area contributed by atoms with Crippen LogP contribution in [0.5, 0.6) is 0 Å². The van der Waals surface area contributed by atoms with E-state index in [1.165, 1.54) is 6.20 Å². The van der Waals surface area contributed by atoms with E-state index >= 15 is 0 Å². The van der Waals surface area contributed by atoms with Crippen LogP contribution in [0.15, 0.2) is 48.7 Å². The number of nitrogens with one attached hydrogen (secondary N) is 1. The van der Waals surface area contributed by atoms with Crippen LogP contribution >= 0.6 is 11.6 Å². The Kier molecular flexibility index (Phi) is 4.26. The van der Waals surface area contributed by atoms with Crippen LogP contribution in [-0.4, -0.2) is 23.2 Å². The van der Waals surface area contributed by atoms with Crippen molar-refractivity contribution in [3.05, 3.63) is 64.9 Å². The number of Topliss-reactive ketones (excluding diaryl/α,β-unsaturated/α-hetero) is 1. The summed E-state index contributed by atoms with van der Waals surface area (Å²) in [6.45, 7) is -0.0753. The number of carbonyl (C=O) groups excluding carboxylic acids is 2. The van der Waals surface area contributed by atoms with Gasteiger partial charge in [-0.2, -0.15) is 0 Å². The van der Waals surface area contributed by atoms with Crippen molar-refractivity contribution in [2.45, 2.75) is 0 Å². The van der Waals surface area contributed by atoms with Gasteiger partial charge in [-0.15, -0.1) is 0 Å². The molecule has 96 valence electrons. The van der Waals surface area contributed by atoms with Gasteiger partial charge in [0.1, 0.15) is 5.15 Å². The molecular weight excluding hydrogens is 264 g/mol. The van der Waals surface area contributed by atoms with Gasteiger partial charge in [-0.05, 0) is 12.1 Å². The standard InChI is InChI=1S/C14H11ClN2O2/c15-13-11(7-4-8-16-13)14(19)17-9-12(18)10-5-2-1-3-6-10/h1-8H,9H2,(H,17,19). The molecule has 0 radical (unpaired) electrons. The van der Waals surface area contributed by atoms with E-state index in [2.05, 4.69) is 10.3 Å². The first kappa shape index (κ1) is 13.2. The van der Waals surface area contributed by atoms with Gasteiger partial charge in [0, 0.05) is 11.8 Å². The monoisotopic (exact) mass is 274 g/mol. The summed E-state index contributed by atoms with van der Waals surface area (Å²) in [4.78, 5) is 27.4. The van der Waals surface area contributed by atoms with Crippen LogP contribution in [0.2, 0.25) is 5.15 Å². The van der Waals surface area contributed by atoms with Gasteiger partial charge in [-0.1, -0.05) is 41.9 Å². The fourth-order valence-corrected chi connectivity index (χ4v) is 1.74. The molecule has 0 aliphatic rings. The second-order valence-electron chi connectivity index (χ2n) is 3.81. The van der Waals surface area contributed by atoms with Crippen LogP contribution in [-0.2, 0) is 0 Å². The SMILES string of the molecule is O=C(CNC(=O)c1cccnc1Cl)c1ccccc1. The van der Waals surface area contributed by atoms with E-state index in [0.29, 0.717) is 5.56 Å². The average molecular weight is 275 g/mol. The number of amides is 1. The fraction of sp³-hybridized carbons (Fsp3) is 0.0714. The molecule has 0 unspecified atom stereocenters. The molecule has 0 fully saturated rings. The molecule has 1 heterocycles. The van der Waals surface area contributed by atoms with E-state index in [4.69, 9.17) is 11.6 Å². The molecule has 2 aromatic rings. The molecule has 0 spiro atoms. The van der Waals surface area contributed by atoms with Crippen LogP contribution in [0.4, 0.5) is 0 Å². The minimum Gasteiger partial charge on any atom is -0.344 e. The first-order valence-corrected chi connectivity index (χ1v) is 6.03. The first-order valence-electron chi connectivity index (χ1n) is 5.65. The van der Waals surface area contributed by atoms with Gasteiger partial charge in [-0.25, -0.2) is 4.98 Å². The zero-order valence-electron chi connectivity index (χ0n) is 9.97. The van der Waals surface area contributed by atoms with Crippen molar-refractivity contribution in [1.29, 1.82) is 0 Å². The summed E-state index contributed by atoms with van der Waals surface area (Å²) in [7, 11) is 0. The fourth-order valence-electron chi connectivity index (χ4n) is 1.54. The average Bonchev–Trinajstić information content (AvgIpc) is 2.46. The molecule has 1 N–H and O–H groups in total. The molecule has 1 amide bonds. The quantitative estimate of drug-likeness (QED) is 0.688. The Morgan fingerprint density at radius 2 is 1.84 bits per heavy atom. The summed E-state index contributed by atoms with van der Waals surface area (Å²) in [5, 5.41) is 2.64. The second-order valence-corrected chi connectivity index (χ2v) is 4.17. The minimum atomic E-state index is -0.414. The van der Waals surface area contributed by atoms with Crippen LogP contribution in [0.3, 0.4) is 0 Å². The van der Waals surface area contributed by atoms with Crippen LogP contribution in [0, 0.1) is 0 Å². The minimum absolute atomic E-state index is 0.0753. The van der Waals surface area contributed by atoms with Crippen molar-refractivity contribution >= 4 is 23.3 Å². The van der Waals surface area contributed by atoms with E-state index in [1.807, 2.05) is 6.07 Å². The number of nitrogens with zero attached hydrogens (tertiary/aromatic N) is 1. The van der Waals surface area contributed by atoms with E-state index < -0.39 is 5.91 Å². The third-order valence-electron chi connectivity index (χ3n) is 2.51. The van der Waals surface area contributed by atoms with Gasteiger partial charge in [0.15, 0.2) is 5.78 Å². The number of rotatable bonds is 4. The highest BCUT2D eigenvalue weighted by Gasteiger charge is 2.12. The molecule has 0 aliphatic heterocycles. The predicted octanol–water partition coefficient (Wildman–Crippen LogP) is 2.35. The number of hydrogen-bond donors (Lipinski definition) is 1. The summed E-state index contributed by atoms with van der Waals surface area (Å²) in [5.74, 6) is -0.573. The summed E-state index contributed by atoms with van der Waals surface area (Å²) >= 11 is 5.79. The molecule has 1 aromatic heterocycles. The molecule has 0 saturated carbocycles. The number of pyridine rings is 1. The summed E-state index contributed by atoms with van der Waals surface area (Å²) < 4.78 is 0. The lowest BCUT2D eigenvalue weighted by molar-refractivity contribution is 0.0904. The second kappa shape index (κ2) is 6.11. The number of carbonyl (C=O) groups is 2. The molecule has 5 heteroatoms. The van der Waals surface area contributed by atoms with Crippen molar-refractivity contribution in [1.82, 2.24) is 10.3 Å². The maximum atomic E-state index is 11.8. The number of halogens is 1. The zero-order valence-corrected chi connectivity index (χ0v) is 10.7. The topological polar surface area (TPSA) is 59.1 Å². The van der Waals surface area contributed by atoms with Gasteiger partial charge in [-0.3, -0.25) is 9.59 Å². The molecular formula is C14H11ClN2O2. The highest BCUT2D eigenvalue weighted by molar-refractivity contribution is 6.32. The highest BCUT2D eigenvalue weighted by Crippen LogP contribution is 2.10. The van der Waals surface area contributed by atoms with Crippen molar-refractivity contribution in [2.24, 2.45) is 0 Å². The molecule has 19 heavy (non-hydrogen) atoms. The van der Waals surface area contributed by atoms with Gasteiger partial charge in [0.2, 0.25) is 0 Å². The smallest absolute Gasteiger partial charge is 0.254 e. The third-order valence-corrected chi connectivity index (χ3v) is 2.81. The van der Waals surface area contributed by atoms with Crippen molar-refractivity contribution in [3.63, 3.8) is 0 Å². The summed E-state index contributed by atoms with van der Waals surface area (Å²) in [6, 6.07) is 11.9. The number of hydrogen-bond acceptors (Lipinski definition) is 3. The lowest BCUT2D eigenvalue weighted by Crippen LogP contribution is -2.29. The molecule has 0 aliphatic carbocycles. The lowest BCUT2D eigenvalue weighted by Gasteiger charge is -2.05. The maximum absolute atomic E-state index is 11.8. The van der Waals surface area contributed by atoms with E-state index in [9.17, 15) is 9.59 Å². The third kappa shape index (κ3) is 3.39. The Morgan fingerprint density at radius 3 is 2.53 bits per heavy atom. The molecule has 0 saturated heterocycles. The number of benzene rings is 1. The Labute approximate surface area is 115 Å². The molecule has 4 nitrogen and oxygen atoms in total. The van der Waals surface area contributed by atoms with Crippen LogP contribution < -0.4 is 5.32 Å². The Hall–Kier alpha value is -2.20. The highest BCUT2D eigenvalue weighted by atomic mass is 35.5. The Morgan fingerprint density at radius 1 is 1.11 bits per heavy atom. The molecule has 0 bridgehead atoms. The lowest BCUT2D eigenvalue weighted by atomic mass is 10.1. The van der Waals surface area contributed by atoms with Crippen molar-refractivity contribution < 1.29 is 9.59 Å². The first-order chi connectivity index (χ1) is 9.18. The summed E-state index contributed by atoms with van der Waals surface area (Å²) in [6.07, 6.45) is 1.49. The molecule has 2 rings (SSSR count). The summed E-state index contributed by atoms with van der Waals surface area (Å²) in [5.41, 5.74) is 0.810.